The van der Waals surface area contributed by atoms with Gasteiger partial charge in [-0.3, -0.25) is 4.90 Å². The Labute approximate surface area is 189 Å². The van der Waals surface area contributed by atoms with Gasteiger partial charge in [-0.25, -0.2) is 14.8 Å². The smallest absolute Gasteiger partial charge is 0.475 e. The van der Waals surface area contributed by atoms with Crippen LogP contribution in [0.15, 0.2) is 23.0 Å². The Hall–Kier alpha value is -2.73. The Bertz CT molecular complexity index is 905. The van der Waals surface area contributed by atoms with Gasteiger partial charge in [-0.15, -0.1) is 0 Å². The molecule has 0 aromatic carbocycles. The van der Waals surface area contributed by atoms with Crippen molar-refractivity contribution in [3.05, 3.63) is 35.5 Å². The molecule has 33 heavy (non-hydrogen) atoms. The highest BCUT2D eigenvalue weighted by atomic mass is 19.4. The van der Waals surface area contributed by atoms with Crippen molar-refractivity contribution in [2.75, 3.05) is 44.3 Å². The maximum atomic E-state index is 10.6. The molecule has 2 fully saturated rings. The quantitative estimate of drug-likeness (QED) is 0.723. The molecule has 12 heteroatoms. The molecule has 0 radical (unpaired) electrons. The minimum Gasteiger partial charge on any atom is -0.475 e. The van der Waals surface area contributed by atoms with Crippen molar-refractivity contribution in [2.45, 2.75) is 39.4 Å². The molecule has 1 spiro atoms. The third kappa shape index (κ3) is 6.64. The van der Waals surface area contributed by atoms with E-state index in [0.717, 1.165) is 63.3 Å². The van der Waals surface area contributed by atoms with Gasteiger partial charge in [0.15, 0.2) is 0 Å². The second-order valence-corrected chi connectivity index (χ2v) is 8.44. The topological polar surface area (TPSA) is 105 Å². The van der Waals surface area contributed by atoms with Crippen LogP contribution in [0.3, 0.4) is 0 Å². The third-order valence-electron chi connectivity index (χ3n) is 5.82. The number of nitrogens with zero attached hydrogens (tertiary/aromatic N) is 5. The first-order valence-corrected chi connectivity index (χ1v) is 10.6. The maximum Gasteiger partial charge on any atom is 0.490 e. The lowest BCUT2D eigenvalue weighted by atomic mass is 9.80. The van der Waals surface area contributed by atoms with Crippen LogP contribution in [0.5, 0.6) is 0 Å². The van der Waals surface area contributed by atoms with E-state index in [-0.39, 0.29) is 5.41 Å². The minimum absolute atomic E-state index is 0.118. The number of rotatable bonds is 3. The molecule has 0 amide bonds. The summed E-state index contributed by atoms with van der Waals surface area (Å²) in [7, 11) is 0. The zero-order chi connectivity index (χ0) is 24.1. The molecular formula is C21H28F3N5O4. The van der Waals surface area contributed by atoms with Crippen molar-refractivity contribution in [1.29, 1.82) is 0 Å². The van der Waals surface area contributed by atoms with Gasteiger partial charge in [0.25, 0.3) is 0 Å². The maximum absolute atomic E-state index is 10.6. The molecule has 1 unspecified atom stereocenters. The summed E-state index contributed by atoms with van der Waals surface area (Å²) in [6.07, 6.45) is 0.890. The van der Waals surface area contributed by atoms with Gasteiger partial charge in [0.1, 0.15) is 5.76 Å². The second-order valence-electron chi connectivity index (χ2n) is 8.44. The highest BCUT2D eigenvalue weighted by Gasteiger charge is 2.40. The van der Waals surface area contributed by atoms with Crippen molar-refractivity contribution in [2.24, 2.45) is 5.41 Å². The molecule has 9 nitrogen and oxygen atoms in total. The summed E-state index contributed by atoms with van der Waals surface area (Å²) in [6, 6.07) is 1.86. The number of likely N-dealkylation sites (tertiary alicyclic amines) is 1. The molecule has 0 bridgehead atoms. The Kier molecular flexibility index (Phi) is 7.90. The molecule has 2 aliphatic heterocycles. The highest BCUT2D eigenvalue weighted by molar-refractivity contribution is 5.73. The van der Waals surface area contributed by atoms with Gasteiger partial charge in [0, 0.05) is 49.6 Å². The van der Waals surface area contributed by atoms with E-state index in [1.165, 1.54) is 18.4 Å². The van der Waals surface area contributed by atoms with Crippen LogP contribution in [-0.4, -0.2) is 76.7 Å². The first-order chi connectivity index (χ1) is 15.6. The van der Waals surface area contributed by atoms with E-state index >= 15 is 0 Å². The molecule has 0 saturated carbocycles. The van der Waals surface area contributed by atoms with Gasteiger partial charge in [0.05, 0.1) is 18.9 Å². The number of piperidine rings is 1. The molecule has 0 aliphatic carbocycles. The fourth-order valence-corrected chi connectivity index (χ4v) is 4.26. The summed E-state index contributed by atoms with van der Waals surface area (Å²) in [5.41, 5.74) is 2.34. The number of anilines is 1. The predicted octanol–water partition coefficient (Wildman–Crippen LogP) is 2.83. The highest BCUT2D eigenvalue weighted by Crippen LogP contribution is 2.34. The van der Waals surface area contributed by atoms with E-state index < -0.39 is 12.1 Å². The summed E-state index contributed by atoms with van der Waals surface area (Å²) in [5, 5.41) is 11.2. The second kappa shape index (κ2) is 10.5. The van der Waals surface area contributed by atoms with Crippen molar-refractivity contribution in [3.63, 3.8) is 0 Å². The number of carbonyl (C=O) groups is 1. The Morgan fingerprint density at radius 3 is 2.52 bits per heavy atom. The monoisotopic (exact) mass is 471 g/mol. The summed E-state index contributed by atoms with van der Waals surface area (Å²) in [6.45, 7) is 10.3. The SMILES string of the molecule is Cc1noc(C)c1CN1CCCC2(COCCN(c3ncccn3)C2)C1.O=C(O)C(F)(F)F. The Balaban J connectivity index is 0.000000383. The number of aromatic nitrogens is 3. The Morgan fingerprint density at radius 1 is 1.21 bits per heavy atom. The fourth-order valence-electron chi connectivity index (χ4n) is 4.26. The number of alkyl halides is 3. The van der Waals surface area contributed by atoms with Crippen LogP contribution in [0, 0.1) is 19.3 Å². The van der Waals surface area contributed by atoms with E-state index in [1.54, 1.807) is 0 Å². The zero-order valence-electron chi connectivity index (χ0n) is 18.6. The van der Waals surface area contributed by atoms with Gasteiger partial charge >= 0.3 is 12.1 Å². The number of halogens is 3. The van der Waals surface area contributed by atoms with Crippen LogP contribution in [0.25, 0.3) is 0 Å². The average Bonchev–Trinajstić information content (AvgIpc) is 2.96. The molecule has 182 valence electrons. The first kappa shape index (κ1) is 24.9. The van der Waals surface area contributed by atoms with Crippen LogP contribution in [0.4, 0.5) is 19.1 Å². The number of hydrogen-bond donors (Lipinski definition) is 1. The number of carboxylic acids is 1. The number of carboxylic acid groups (broad SMARTS) is 1. The van der Waals surface area contributed by atoms with Crippen molar-refractivity contribution in [1.82, 2.24) is 20.0 Å². The normalized spacial score (nSPS) is 21.9. The zero-order valence-corrected chi connectivity index (χ0v) is 18.6. The van der Waals surface area contributed by atoms with Gasteiger partial charge in [-0.1, -0.05) is 5.16 Å². The molecule has 2 aromatic heterocycles. The van der Waals surface area contributed by atoms with E-state index in [0.29, 0.717) is 0 Å². The first-order valence-electron chi connectivity index (χ1n) is 10.6. The van der Waals surface area contributed by atoms with Gasteiger partial charge in [0.2, 0.25) is 5.95 Å². The average molecular weight is 471 g/mol. The van der Waals surface area contributed by atoms with E-state index in [1.807, 2.05) is 32.3 Å². The molecule has 2 aromatic rings. The van der Waals surface area contributed by atoms with Crippen LogP contribution in [0.1, 0.15) is 29.9 Å². The van der Waals surface area contributed by atoms with Crippen LogP contribution in [-0.2, 0) is 16.1 Å². The molecule has 1 N–H and O–H groups in total. The summed E-state index contributed by atoms with van der Waals surface area (Å²) >= 11 is 0. The molecular weight excluding hydrogens is 443 g/mol. The lowest BCUT2D eigenvalue weighted by molar-refractivity contribution is -0.192. The number of ether oxygens (including phenoxy) is 1. The molecule has 1 atom stereocenters. The molecule has 4 rings (SSSR count). The fraction of sp³-hybridized carbons (Fsp3) is 0.619. The van der Waals surface area contributed by atoms with Crippen LogP contribution < -0.4 is 4.90 Å². The van der Waals surface area contributed by atoms with Crippen molar-refractivity contribution >= 4 is 11.9 Å². The molecule has 2 aliphatic rings. The number of aryl methyl sites for hydroxylation is 2. The third-order valence-corrected chi connectivity index (χ3v) is 5.82. The predicted molar refractivity (Wildman–Crippen MR) is 112 cm³/mol. The van der Waals surface area contributed by atoms with Gasteiger partial charge in [-0.05, 0) is 39.3 Å². The summed E-state index contributed by atoms with van der Waals surface area (Å²) < 4.78 is 43.1. The van der Waals surface area contributed by atoms with Gasteiger partial charge < -0.3 is 19.3 Å². The number of hydrogen-bond acceptors (Lipinski definition) is 8. The number of aliphatic carboxylic acids is 1. The summed E-state index contributed by atoms with van der Waals surface area (Å²) in [5.74, 6) is -1.02. The van der Waals surface area contributed by atoms with E-state index in [4.69, 9.17) is 19.2 Å². The summed E-state index contributed by atoms with van der Waals surface area (Å²) in [4.78, 5) is 22.6. The lowest BCUT2D eigenvalue weighted by Gasteiger charge is -2.43. The minimum atomic E-state index is -5.08. The Morgan fingerprint density at radius 2 is 1.91 bits per heavy atom. The molecule has 4 heterocycles. The lowest BCUT2D eigenvalue weighted by Crippen LogP contribution is -2.50. The molecule has 2 saturated heterocycles. The van der Waals surface area contributed by atoms with Gasteiger partial charge in [-0.2, -0.15) is 13.2 Å². The van der Waals surface area contributed by atoms with E-state index in [9.17, 15) is 13.2 Å². The largest absolute Gasteiger partial charge is 0.490 e. The van der Waals surface area contributed by atoms with Crippen molar-refractivity contribution < 1.29 is 32.3 Å². The van der Waals surface area contributed by atoms with Crippen LogP contribution >= 0.6 is 0 Å². The van der Waals surface area contributed by atoms with Crippen LogP contribution in [0.2, 0.25) is 0 Å². The standard InChI is InChI=1S/C19H27N5O2.C2HF3O2/c1-15-17(16(2)26-22-15)11-23-8-3-5-19(12-23)13-24(9-10-25-14-19)18-20-6-4-7-21-18;3-2(4,5)1(6)7/h4,6-7H,3,5,8-14H2,1-2H3;(H,6,7). The van der Waals surface area contributed by atoms with E-state index in [2.05, 4.69) is 24.9 Å². The van der Waals surface area contributed by atoms with Crippen molar-refractivity contribution in [3.8, 4) is 0 Å².